The number of halogens is 1. The summed E-state index contributed by atoms with van der Waals surface area (Å²) in [6, 6.07) is 3.40. The summed E-state index contributed by atoms with van der Waals surface area (Å²) in [5.41, 5.74) is 0.809. The molecular formula is C13H17ClO4. The maximum absolute atomic E-state index is 10.9. The summed E-state index contributed by atoms with van der Waals surface area (Å²) in [4.78, 5) is 10.9. The predicted octanol–water partition coefficient (Wildman–Crippen LogP) is 3.33. The molecule has 0 fully saturated rings. The summed E-state index contributed by atoms with van der Waals surface area (Å²) in [6.45, 7) is 1.94. The SMILES string of the molecule is CCC(CC(=O)O)c1cc(OC)c(Cl)cc1OC. The Morgan fingerprint density at radius 3 is 2.39 bits per heavy atom. The molecule has 0 spiro atoms. The van der Waals surface area contributed by atoms with Gasteiger partial charge in [0.15, 0.2) is 0 Å². The van der Waals surface area contributed by atoms with Gasteiger partial charge in [-0.15, -0.1) is 0 Å². The van der Waals surface area contributed by atoms with Gasteiger partial charge in [0, 0.05) is 11.6 Å². The minimum absolute atomic E-state index is 0.0532. The molecule has 100 valence electrons. The lowest BCUT2D eigenvalue weighted by Gasteiger charge is -2.18. The van der Waals surface area contributed by atoms with Gasteiger partial charge in [-0.25, -0.2) is 0 Å². The molecule has 1 N–H and O–H groups in total. The third-order valence-electron chi connectivity index (χ3n) is 2.86. The minimum atomic E-state index is -0.835. The van der Waals surface area contributed by atoms with Gasteiger partial charge in [-0.3, -0.25) is 4.79 Å². The van der Waals surface area contributed by atoms with E-state index >= 15 is 0 Å². The van der Waals surface area contributed by atoms with Gasteiger partial charge >= 0.3 is 5.97 Å². The average molecular weight is 273 g/mol. The van der Waals surface area contributed by atoms with Crippen molar-refractivity contribution in [3.8, 4) is 11.5 Å². The highest BCUT2D eigenvalue weighted by Crippen LogP contribution is 2.38. The van der Waals surface area contributed by atoms with E-state index in [-0.39, 0.29) is 12.3 Å². The first-order valence-electron chi connectivity index (χ1n) is 5.66. The van der Waals surface area contributed by atoms with Crippen LogP contribution in [0.15, 0.2) is 12.1 Å². The molecule has 0 aromatic heterocycles. The first-order valence-corrected chi connectivity index (χ1v) is 6.04. The van der Waals surface area contributed by atoms with Gasteiger partial charge in [-0.2, -0.15) is 0 Å². The van der Waals surface area contributed by atoms with Crippen molar-refractivity contribution in [2.75, 3.05) is 14.2 Å². The molecule has 18 heavy (non-hydrogen) atoms. The van der Waals surface area contributed by atoms with Crippen molar-refractivity contribution in [2.24, 2.45) is 0 Å². The van der Waals surface area contributed by atoms with E-state index in [0.717, 1.165) is 5.56 Å². The van der Waals surface area contributed by atoms with Crippen molar-refractivity contribution in [3.05, 3.63) is 22.7 Å². The first-order chi connectivity index (χ1) is 8.53. The molecule has 1 rings (SSSR count). The number of ether oxygens (including phenoxy) is 2. The molecule has 1 aromatic rings. The third-order valence-corrected chi connectivity index (χ3v) is 3.15. The largest absolute Gasteiger partial charge is 0.496 e. The van der Waals surface area contributed by atoms with Crippen LogP contribution in [0.25, 0.3) is 0 Å². The van der Waals surface area contributed by atoms with Crippen LogP contribution >= 0.6 is 11.6 Å². The van der Waals surface area contributed by atoms with E-state index in [1.165, 1.54) is 14.2 Å². The van der Waals surface area contributed by atoms with Crippen LogP contribution < -0.4 is 9.47 Å². The maximum Gasteiger partial charge on any atom is 0.303 e. The smallest absolute Gasteiger partial charge is 0.303 e. The molecule has 0 saturated carbocycles. The number of hydrogen-bond donors (Lipinski definition) is 1. The van der Waals surface area contributed by atoms with E-state index in [4.69, 9.17) is 26.2 Å². The molecule has 0 bridgehead atoms. The van der Waals surface area contributed by atoms with Crippen LogP contribution in [0.2, 0.25) is 5.02 Å². The number of methoxy groups -OCH3 is 2. The zero-order chi connectivity index (χ0) is 13.7. The van der Waals surface area contributed by atoms with E-state index in [0.29, 0.717) is 22.9 Å². The Morgan fingerprint density at radius 1 is 1.33 bits per heavy atom. The number of rotatable bonds is 6. The Hall–Kier alpha value is -1.42. The highest BCUT2D eigenvalue weighted by Gasteiger charge is 2.20. The molecule has 1 unspecified atom stereocenters. The van der Waals surface area contributed by atoms with Gasteiger partial charge < -0.3 is 14.6 Å². The molecule has 0 heterocycles. The van der Waals surface area contributed by atoms with Gasteiger partial charge in [0.1, 0.15) is 11.5 Å². The van der Waals surface area contributed by atoms with Crippen molar-refractivity contribution >= 4 is 17.6 Å². The normalized spacial score (nSPS) is 12.0. The summed E-state index contributed by atoms with van der Waals surface area (Å²) in [5.74, 6) is 0.159. The second-order valence-corrected chi connectivity index (χ2v) is 4.34. The van der Waals surface area contributed by atoms with Crippen LogP contribution in [0.5, 0.6) is 11.5 Å². The molecular weight excluding hydrogens is 256 g/mol. The van der Waals surface area contributed by atoms with Crippen LogP contribution in [-0.2, 0) is 4.79 Å². The number of carboxylic acid groups (broad SMARTS) is 1. The van der Waals surface area contributed by atoms with Gasteiger partial charge in [-0.1, -0.05) is 18.5 Å². The van der Waals surface area contributed by atoms with Crippen LogP contribution in [0, 0.1) is 0 Å². The van der Waals surface area contributed by atoms with Crippen LogP contribution in [-0.4, -0.2) is 25.3 Å². The topological polar surface area (TPSA) is 55.8 Å². The number of benzene rings is 1. The lowest BCUT2D eigenvalue weighted by molar-refractivity contribution is -0.137. The zero-order valence-electron chi connectivity index (χ0n) is 10.7. The van der Waals surface area contributed by atoms with Crippen LogP contribution in [0.3, 0.4) is 0 Å². The molecule has 0 radical (unpaired) electrons. The van der Waals surface area contributed by atoms with E-state index < -0.39 is 5.97 Å². The zero-order valence-corrected chi connectivity index (χ0v) is 11.5. The van der Waals surface area contributed by atoms with Gasteiger partial charge in [0.05, 0.1) is 25.7 Å². The summed E-state index contributed by atoms with van der Waals surface area (Å²) in [5, 5.41) is 9.37. The average Bonchev–Trinajstić information content (AvgIpc) is 2.35. The molecule has 0 aliphatic carbocycles. The number of aliphatic carboxylic acids is 1. The fourth-order valence-corrected chi connectivity index (χ4v) is 2.12. The quantitative estimate of drug-likeness (QED) is 0.863. The second kappa shape index (κ2) is 6.50. The second-order valence-electron chi connectivity index (χ2n) is 3.93. The van der Waals surface area contributed by atoms with Gasteiger partial charge in [0.25, 0.3) is 0 Å². The van der Waals surface area contributed by atoms with Crippen LogP contribution in [0.1, 0.15) is 31.2 Å². The summed E-state index contributed by atoms with van der Waals surface area (Å²) < 4.78 is 10.4. The van der Waals surface area contributed by atoms with E-state index in [1.807, 2.05) is 6.92 Å². The highest BCUT2D eigenvalue weighted by molar-refractivity contribution is 6.32. The van der Waals surface area contributed by atoms with Crippen molar-refractivity contribution in [2.45, 2.75) is 25.7 Å². The Balaban J connectivity index is 3.22. The molecule has 0 aliphatic rings. The van der Waals surface area contributed by atoms with Crippen molar-refractivity contribution in [1.82, 2.24) is 0 Å². The van der Waals surface area contributed by atoms with E-state index in [1.54, 1.807) is 12.1 Å². The third kappa shape index (κ3) is 3.29. The molecule has 1 aromatic carbocycles. The fraction of sp³-hybridized carbons (Fsp3) is 0.462. The van der Waals surface area contributed by atoms with Crippen molar-refractivity contribution in [3.63, 3.8) is 0 Å². The van der Waals surface area contributed by atoms with Gasteiger partial charge in [-0.05, 0) is 18.4 Å². The molecule has 4 nitrogen and oxygen atoms in total. The fourth-order valence-electron chi connectivity index (χ4n) is 1.89. The van der Waals surface area contributed by atoms with E-state index in [2.05, 4.69) is 0 Å². The summed E-state index contributed by atoms with van der Waals surface area (Å²) in [7, 11) is 3.06. The Labute approximate surface area is 111 Å². The lowest BCUT2D eigenvalue weighted by Crippen LogP contribution is -2.07. The summed E-state index contributed by atoms with van der Waals surface area (Å²) >= 11 is 6.01. The van der Waals surface area contributed by atoms with E-state index in [9.17, 15) is 4.79 Å². The maximum atomic E-state index is 10.9. The standard InChI is InChI=1S/C13H17ClO4/c1-4-8(5-13(15)16)9-6-12(18-3)10(14)7-11(9)17-2/h6-8H,4-5H2,1-3H3,(H,15,16). The minimum Gasteiger partial charge on any atom is -0.496 e. The first kappa shape index (κ1) is 14.6. The molecule has 1 atom stereocenters. The summed E-state index contributed by atoms with van der Waals surface area (Å²) in [6.07, 6.45) is 0.755. The molecule has 5 heteroatoms. The highest BCUT2D eigenvalue weighted by atomic mass is 35.5. The molecule has 0 saturated heterocycles. The number of carboxylic acids is 1. The Kier molecular flexibility index (Phi) is 5.28. The predicted molar refractivity (Wildman–Crippen MR) is 69.8 cm³/mol. The monoisotopic (exact) mass is 272 g/mol. The Bertz CT molecular complexity index is 431. The van der Waals surface area contributed by atoms with Crippen LogP contribution in [0.4, 0.5) is 0 Å². The van der Waals surface area contributed by atoms with Crippen molar-refractivity contribution in [1.29, 1.82) is 0 Å². The number of carbonyl (C=O) groups is 1. The lowest BCUT2D eigenvalue weighted by atomic mass is 9.92. The van der Waals surface area contributed by atoms with Gasteiger partial charge in [0.2, 0.25) is 0 Å². The number of hydrogen-bond acceptors (Lipinski definition) is 3. The van der Waals surface area contributed by atoms with Crippen molar-refractivity contribution < 1.29 is 19.4 Å². The Morgan fingerprint density at radius 2 is 1.94 bits per heavy atom. The molecule has 0 aliphatic heterocycles. The molecule has 0 amide bonds.